The Morgan fingerprint density at radius 2 is 1.72 bits per heavy atom. The zero-order valence-electron chi connectivity index (χ0n) is 17.9. The van der Waals surface area contributed by atoms with E-state index in [2.05, 4.69) is 22.3 Å². The number of hydrogen-bond acceptors (Lipinski definition) is 4. The van der Waals surface area contributed by atoms with Crippen LogP contribution in [0.3, 0.4) is 0 Å². The topological polar surface area (TPSA) is 61.9 Å². The molecule has 1 N–H and O–H groups in total. The molecule has 0 aliphatic carbocycles. The minimum atomic E-state index is -0.489. The van der Waals surface area contributed by atoms with Crippen LogP contribution in [0.5, 0.6) is 0 Å². The van der Waals surface area contributed by atoms with E-state index in [1.54, 1.807) is 23.1 Å². The minimum Gasteiger partial charge on any atom is -0.379 e. The van der Waals surface area contributed by atoms with E-state index < -0.39 is 6.04 Å². The van der Waals surface area contributed by atoms with E-state index in [-0.39, 0.29) is 11.8 Å². The summed E-state index contributed by atoms with van der Waals surface area (Å²) >= 11 is 12.1. The molecule has 6 nitrogen and oxygen atoms in total. The van der Waals surface area contributed by atoms with Gasteiger partial charge in [0.05, 0.1) is 13.2 Å². The van der Waals surface area contributed by atoms with Gasteiger partial charge >= 0.3 is 0 Å². The molecule has 2 aromatic carbocycles. The van der Waals surface area contributed by atoms with Crippen LogP contribution in [0, 0.1) is 0 Å². The maximum Gasteiger partial charge on any atom is 0.254 e. The van der Waals surface area contributed by atoms with Gasteiger partial charge in [0.15, 0.2) is 0 Å². The fraction of sp³-hybridized carbons (Fsp3) is 0.417. The molecular weight excluding hydrogens is 449 g/mol. The zero-order chi connectivity index (χ0) is 22.5. The number of benzene rings is 2. The smallest absolute Gasteiger partial charge is 0.254 e. The Morgan fingerprint density at radius 3 is 2.47 bits per heavy atom. The molecule has 2 heterocycles. The maximum atomic E-state index is 13.0. The maximum absolute atomic E-state index is 13.0. The molecule has 170 valence electrons. The lowest BCUT2D eigenvalue weighted by atomic mass is 10.1. The molecule has 1 atom stereocenters. The number of halogens is 2. The Bertz CT molecular complexity index is 958. The second-order valence-electron chi connectivity index (χ2n) is 8.24. The molecule has 0 bridgehead atoms. The first-order chi connectivity index (χ1) is 15.5. The molecule has 0 saturated carbocycles. The number of amides is 2. The molecule has 2 fully saturated rings. The van der Waals surface area contributed by atoms with Gasteiger partial charge in [0.25, 0.3) is 5.91 Å². The van der Waals surface area contributed by atoms with Crippen molar-refractivity contribution in [2.45, 2.75) is 32.0 Å². The van der Waals surface area contributed by atoms with Crippen LogP contribution in [0.1, 0.15) is 34.3 Å². The number of hydrogen-bond donors (Lipinski definition) is 1. The summed E-state index contributed by atoms with van der Waals surface area (Å²) in [5.41, 5.74) is 2.66. The van der Waals surface area contributed by atoms with Gasteiger partial charge in [0.1, 0.15) is 6.04 Å². The van der Waals surface area contributed by atoms with Gasteiger partial charge in [-0.25, -0.2) is 0 Å². The van der Waals surface area contributed by atoms with Gasteiger partial charge in [-0.2, -0.15) is 0 Å². The van der Waals surface area contributed by atoms with Gasteiger partial charge in [-0.1, -0.05) is 47.5 Å². The van der Waals surface area contributed by atoms with E-state index in [0.29, 0.717) is 35.1 Å². The highest BCUT2D eigenvalue weighted by atomic mass is 35.5. The second kappa shape index (κ2) is 10.7. The zero-order valence-corrected chi connectivity index (χ0v) is 19.4. The van der Waals surface area contributed by atoms with E-state index >= 15 is 0 Å². The van der Waals surface area contributed by atoms with Crippen molar-refractivity contribution in [3.8, 4) is 0 Å². The SMILES string of the molecule is O=C(NCc1cccc(CN2CCOCC2)c1)C1CCCN1C(=O)c1cc(Cl)cc(Cl)c1. The summed E-state index contributed by atoms with van der Waals surface area (Å²) in [5, 5.41) is 3.81. The van der Waals surface area contributed by atoms with Crippen molar-refractivity contribution >= 4 is 35.0 Å². The van der Waals surface area contributed by atoms with Crippen molar-refractivity contribution in [1.82, 2.24) is 15.1 Å². The van der Waals surface area contributed by atoms with Crippen molar-refractivity contribution in [3.63, 3.8) is 0 Å². The quantitative estimate of drug-likeness (QED) is 0.690. The first kappa shape index (κ1) is 23.1. The van der Waals surface area contributed by atoms with Crippen LogP contribution >= 0.6 is 23.2 Å². The predicted octanol–water partition coefficient (Wildman–Crippen LogP) is 3.75. The lowest BCUT2D eigenvalue weighted by Gasteiger charge is -2.26. The summed E-state index contributed by atoms with van der Waals surface area (Å²) in [6.07, 6.45) is 1.43. The number of nitrogens with one attached hydrogen (secondary N) is 1. The summed E-state index contributed by atoms with van der Waals surface area (Å²) in [5.74, 6) is -0.359. The summed E-state index contributed by atoms with van der Waals surface area (Å²) < 4.78 is 5.41. The average Bonchev–Trinajstić information content (AvgIpc) is 3.27. The predicted molar refractivity (Wildman–Crippen MR) is 125 cm³/mol. The van der Waals surface area contributed by atoms with Crippen LogP contribution < -0.4 is 5.32 Å². The molecule has 0 aromatic heterocycles. The fourth-order valence-electron chi connectivity index (χ4n) is 4.29. The Labute approximate surface area is 198 Å². The third-order valence-electron chi connectivity index (χ3n) is 5.89. The van der Waals surface area contributed by atoms with Crippen LogP contribution in [0.15, 0.2) is 42.5 Å². The van der Waals surface area contributed by atoms with Crippen LogP contribution in [0.4, 0.5) is 0 Å². The highest BCUT2D eigenvalue weighted by molar-refractivity contribution is 6.35. The normalized spacial score (nSPS) is 19.2. The molecule has 0 radical (unpaired) electrons. The number of ether oxygens (including phenoxy) is 1. The van der Waals surface area contributed by atoms with E-state index in [0.717, 1.165) is 44.8 Å². The van der Waals surface area contributed by atoms with Crippen molar-refractivity contribution < 1.29 is 14.3 Å². The largest absolute Gasteiger partial charge is 0.379 e. The van der Waals surface area contributed by atoms with Crippen LogP contribution in [-0.2, 0) is 22.6 Å². The van der Waals surface area contributed by atoms with Crippen molar-refractivity contribution in [2.75, 3.05) is 32.8 Å². The highest BCUT2D eigenvalue weighted by Gasteiger charge is 2.34. The molecular formula is C24H27Cl2N3O3. The average molecular weight is 476 g/mol. The highest BCUT2D eigenvalue weighted by Crippen LogP contribution is 2.24. The Kier molecular flexibility index (Phi) is 7.68. The van der Waals surface area contributed by atoms with Crippen LogP contribution in [0.2, 0.25) is 10.0 Å². The molecule has 2 saturated heterocycles. The molecule has 2 aromatic rings. The van der Waals surface area contributed by atoms with E-state index in [9.17, 15) is 9.59 Å². The standard InChI is InChI=1S/C24H27Cl2N3O3/c25-20-12-19(13-21(26)14-20)24(31)29-6-2-5-22(29)23(30)27-15-17-3-1-4-18(11-17)16-28-7-9-32-10-8-28/h1,3-4,11-14,22H,2,5-10,15-16H2,(H,27,30). The Balaban J connectivity index is 1.36. The van der Waals surface area contributed by atoms with Crippen molar-refractivity contribution in [3.05, 3.63) is 69.2 Å². The van der Waals surface area contributed by atoms with Gasteiger partial charge in [0.2, 0.25) is 5.91 Å². The molecule has 2 aliphatic heterocycles. The third-order valence-corrected chi connectivity index (χ3v) is 6.33. The summed E-state index contributed by atoms with van der Waals surface area (Å²) in [7, 11) is 0. The number of rotatable bonds is 6. The van der Waals surface area contributed by atoms with Crippen molar-refractivity contribution in [2.24, 2.45) is 0 Å². The summed E-state index contributed by atoms with van der Waals surface area (Å²) in [6, 6.07) is 12.5. The number of carbonyl (C=O) groups excluding carboxylic acids is 2. The van der Waals surface area contributed by atoms with Gasteiger partial charge in [-0.3, -0.25) is 14.5 Å². The van der Waals surface area contributed by atoms with Crippen LogP contribution in [0.25, 0.3) is 0 Å². The second-order valence-corrected chi connectivity index (χ2v) is 9.11. The monoisotopic (exact) mass is 475 g/mol. The number of carbonyl (C=O) groups is 2. The molecule has 8 heteroatoms. The van der Waals surface area contributed by atoms with Gasteiger partial charge in [-0.15, -0.1) is 0 Å². The summed E-state index contributed by atoms with van der Waals surface area (Å²) in [6.45, 7) is 5.25. The number of likely N-dealkylation sites (tertiary alicyclic amines) is 1. The lowest BCUT2D eigenvalue weighted by molar-refractivity contribution is -0.125. The van der Waals surface area contributed by atoms with E-state index in [1.807, 2.05) is 12.1 Å². The van der Waals surface area contributed by atoms with Gasteiger partial charge in [-0.05, 0) is 42.2 Å². The van der Waals surface area contributed by atoms with Gasteiger partial charge in [0, 0.05) is 48.3 Å². The molecule has 4 rings (SSSR count). The minimum absolute atomic E-state index is 0.137. The molecule has 1 unspecified atom stereocenters. The van der Waals surface area contributed by atoms with Crippen molar-refractivity contribution in [1.29, 1.82) is 0 Å². The molecule has 2 amide bonds. The summed E-state index contributed by atoms with van der Waals surface area (Å²) in [4.78, 5) is 29.9. The van der Waals surface area contributed by atoms with E-state index in [1.165, 1.54) is 5.56 Å². The molecule has 32 heavy (non-hydrogen) atoms. The number of nitrogens with zero attached hydrogens (tertiary/aromatic N) is 2. The van der Waals surface area contributed by atoms with Gasteiger partial charge < -0.3 is 15.0 Å². The number of morpholine rings is 1. The molecule has 2 aliphatic rings. The van der Waals surface area contributed by atoms with E-state index in [4.69, 9.17) is 27.9 Å². The first-order valence-electron chi connectivity index (χ1n) is 10.9. The lowest BCUT2D eigenvalue weighted by Crippen LogP contribution is -2.45. The molecule has 0 spiro atoms. The fourth-order valence-corrected chi connectivity index (χ4v) is 4.81. The Hall–Kier alpha value is -2.12. The third kappa shape index (κ3) is 5.81. The Morgan fingerprint density at radius 1 is 1.00 bits per heavy atom. The first-order valence-corrected chi connectivity index (χ1v) is 11.7. The van der Waals surface area contributed by atoms with Crippen LogP contribution in [-0.4, -0.2) is 60.5 Å².